The van der Waals surface area contributed by atoms with Gasteiger partial charge in [0.05, 0.1) is 0 Å². The van der Waals surface area contributed by atoms with Crippen LogP contribution in [-0.2, 0) is 16.2 Å². The zero-order valence-corrected chi connectivity index (χ0v) is 15.1. The molecule has 0 saturated heterocycles. The SMILES string of the molecule is CC(C)(C)c1oc(C(C)(C)C)c2c(C(C)(C)C)cccc12. The van der Waals surface area contributed by atoms with E-state index >= 15 is 0 Å². The van der Waals surface area contributed by atoms with E-state index in [-0.39, 0.29) is 16.2 Å². The summed E-state index contributed by atoms with van der Waals surface area (Å²) in [7, 11) is 0. The van der Waals surface area contributed by atoms with Gasteiger partial charge in [-0.1, -0.05) is 80.5 Å². The molecule has 0 spiro atoms. The fourth-order valence-electron chi connectivity index (χ4n) is 2.90. The Labute approximate surface area is 129 Å². The van der Waals surface area contributed by atoms with Crippen molar-refractivity contribution >= 4 is 10.8 Å². The average molecular weight is 286 g/mol. The van der Waals surface area contributed by atoms with E-state index in [1.54, 1.807) is 0 Å². The molecule has 0 aliphatic rings. The molecule has 1 heterocycles. The van der Waals surface area contributed by atoms with Gasteiger partial charge in [-0.15, -0.1) is 0 Å². The van der Waals surface area contributed by atoms with Crippen LogP contribution < -0.4 is 0 Å². The van der Waals surface area contributed by atoms with E-state index < -0.39 is 0 Å². The maximum absolute atomic E-state index is 6.43. The van der Waals surface area contributed by atoms with Crippen LogP contribution in [0.3, 0.4) is 0 Å². The normalized spacial score (nSPS) is 14.0. The average Bonchev–Trinajstić information content (AvgIpc) is 2.65. The highest BCUT2D eigenvalue weighted by Gasteiger charge is 2.32. The van der Waals surface area contributed by atoms with E-state index in [1.807, 2.05) is 0 Å². The molecule has 0 fully saturated rings. The Morgan fingerprint density at radius 1 is 0.667 bits per heavy atom. The van der Waals surface area contributed by atoms with Crippen molar-refractivity contribution in [1.82, 2.24) is 0 Å². The van der Waals surface area contributed by atoms with Crippen LogP contribution in [0, 0.1) is 0 Å². The predicted molar refractivity (Wildman–Crippen MR) is 92.3 cm³/mol. The van der Waals surface area contributed by atoms with Crippen molar-refractivity contribution in [2.45, 2.75) is 78.6 Å². The molecule has 0 atom stereocenters. The molecular weight excluding hydrogens is 256 g/mol. The van der Waals surface area contributed by atoms with E-state index in [9.17, 15) is 0 Å². The van der Waals surface area contributed by atoms with Gasteiger partial charge < -0.3 is 4.42 Å². The molecule has 21 heavy (non-hydrogen) atoms. The second-order valence-corrected chi connectivity index (χ2v) is 9.24. The smallest absolute Gasteiger partial charge is 0.117 e. The maximum atomic E-state index is 6.43. The van der Waals surface area contributed by atoms with Crippen molar-refractivity contribution in [3.8, 4) is 0 Å². The first-order valence-electron chi connectivity index (χ1n) is 7.90. The van der Waals surface area contributed by atoms with Gasteiger partial charge in [-0.05, 0) is 11.0 Å². The molecular formula is C20H30O. The lowest BCUT2D eigenvalue weighted by molar-refractivity contribution is 0.348. The van der Waals surface area contributed by atoms with Crippen molar-refractivity contribution in [1.29, 1.82) is 0 Å². The second-order valence-electron chi connectivity index (χ2n) is 9.24. The van der Waals surface area contributed by atoms with Crippen molar-refractivity contribution in [3.63, 3.8) is 0 Å². The summed E-state index contributed by atoms with van der Waals surface area (Å²) in [4.78, 5) is 0. The van der Waals surface area contributed by atoms with E-state index in [4.69, 9.17) is 4.42 Å². The molecule has 0 N–H and O–H groups in total. The van der Waals surface area contributed by atoms with Gasteiger partial charge in [0.2, 0.25) is 0 Å². The van der Waals surface area contributed by atoms with Gasteiger partial charge in [-0.25, -0.2) is 0 Å². The Morgan fingerprint density at radius 3 is 1.62 bits per heavy atom. The van der Waals surface area contributed by atoms with Gasteiger partial charge in [-0.3, -0.25) is 0 Å². The predicted octanol–water partition coefficient (Wildman–Crippen LogP) is 6.33. The molecule has 1 aromatic carbocycles. The van der Waals surface area contributed by atoms with Crippen LogP contribution in [-0.4, -0.2) is 0 Å². The van der Waals surface area contributed by atoms with Gasteiger partial charge in [0.15, 0.2) is 0 Å². The number of furan rings is 1. The molecule has 0 saturated carbocycles. The summed E-state index contributed by atoms with van der Waals surface area (Å²) in [5, 5.41) is 2.60. The Balaban J connectivity index is 2.97. The van der Waals surface area contributed by atoms with Crippen LogP contribution in [0.1, 0.15) is 79.4 Å². The summed E-state index contributed by atoms with van der Waals surface area (Å²) < 4.78 is 6.43. The minimum Gasteiger partial charge on any atom is -0.464 e. The topological polar surface area (TPSA) is 13.1 Å². The second kappa shape index (κ2) is 4.63. The third-order valence-corrected chi connectivity index (χ3v) is 3.91. The highest BCUT2D eigenvalue weighted by Crippen LogP contribution is 2.43. The molecule has 0 aliphatic heterocycles. The van der Waals surface area contributed by atoms with Crippen LogP contribution in [0.15, 0.2) is 22.6 Å². The standard InChI is InChI=1S/C20H30O/c1-18(2,3)14-12-10-11-13-15(14)17(20(7,8)9)21-16(13)19(4,5)6/h10-12H,1-9H3. The molecule has 0 unspecified atom stereocenters. The molecule has 2 aromatic rings. The van der Waals surface area contributed by atoms with Gasteiger partial charge in [0.1, 0.15) is 11.5 Å². The molecule has 0 amide bonds. The summed E-state index contributed by atoms with van der Waals surface area (Å²) >= 11 is 0. The molecule has 116 valence electrons. The van der Waals surface area contributed by atoms with E-state index in [0.717, 1.165) is 11.5 Å². The molecule has 1 aromatic heterocycles. The number of benzene rings is 1. The molecule has 0 bridgehead atoms. The first-order valence-corrected chi connectivity index (χ1v) is 7.90. The summed E-state index contributed by atoms with van der Waals surface area (Å²) in [5.41, 5.74) is 1.50. The first kappa shape index (κ1) is 16.1. The fourth-order valence-corrected chi connectivity index (χ4v) is 2.90. The zero-order chi connectivity index (χ0) is 16.2. The van der Waals surface area contributed by atoms with Crippen molar-refractivity contribution < 1.29 is 4.42 Å². The molecule has 2 rings (SSSR count). The highest BCUT2D eigenvalue weighted by molar-refractivity contribution is 5.92. The zero-order valence-electron chi connectivity index (χ0n) is 15.1. The molecule has 1 heteroatoms. The Morgan fingerprint density at radius 2 is 1.19 bits per heavy atom. The summed E-state index contributed by atoms with van der Waals surface area (Å²) in [6.07, 6.45) is 0. The Bertz CT molecular complexity index is 652. The largest absolute Gasteiger partial charge is 0.464 e. The maximum Gasteiger partial charge on any atom is 0.117 e. The third kappa shape index (κ3) is 2.88. The van der Waals surface area contributed by atoms with Crippen LogP contribution in [0.2, 0.25) is 0 Å². The number of rotatable bonds is 0. The number of fused-ring (bicyclic) bond motifs is 1. The Kier molecular flexibility index (Phi) is 3.56. The minimum atomic E-state index is 0.00308. The van der Waals surface area contributed by atoms with Crippen LogP contribution in [0.25, 0.3) is 10.8 Å². The van der Waals surface area contributed by atoms with Gasteiger partial charge in [0, 0.05) is 21.6 Å². The van der Waals surface area contributed by atoms with Crippen LogP contribution in [0.5, 0.6) is 0 Å². The third-order valence-electron chi connectivity index (χ3n) is 3.91. The number of hydrogen-bond acceptors (Lipinski definition) is 1. The van der Waals surface area contributed by atoms with E-state index in [0.29, 0.717) is 0 Å². The molecule has 1 nitrogen and oxygen atoms in total. The molecule has 0 aliphatic carbocycles. The van der Waals surface area contributed by atoms with Gasteiger partial charge in [0.25, 0.3) is 0 Å². The minimum absolute atomic E-state index is 0.00308. The monoisotopic (exact) mass is 286 g/mol. The quantitative estimate of drug-likeness (QED) is 0.552. The lowest BCUT2D eigenvalue weighted by atomic mass is 9.80. The highest BCUT2D eigenvalue weighted by atomic mass is 16.3. The van der Waals surface area contributed by atoms with Crippen LogP contribution >= 0.6 is 0 Å². The van der Waals surface area contributed by atoms with Crippen molar-refractivity contribution in [2.24, 2.45) is 0 Å². The summed E-state index contributed by atoms with van der Waals surface area (Å²) in [6, 6.07) is 6.63. The van der Waals surface area contributed by atoms with Crippen LogP contribution in [0.4, 0.5) is 0 Å². The summed E-state index contributed by atoms with van der Waals surface area (Å²) in [6.45, 7) is 20.2. The van der Waals surface area contributed by atoms with E-state index in [2.05, 4.69) is 80.5 Å². The first-order chi connectivity index (χ1) is 9.33. The lowest BCUT2D eigenvalue weighted by Crippen LogP contribution is -2.15. The summed E-state index contributed by atoms with van der Waals surface area (Å²) in [5.74, 6) is 2.22. The lowest BCUT2D eigenvalue weighted by Gasteiger charge is -2.23. The van der Waals surface area contributed by atoms with Crippen molar-refractivity contribution in [2.75, 3.05) is 0 Å². The van der Waals surface area contributed by atoms with E-state index in [1.165, 1.54) is 16.3 Å². The van der Waals surface area contributed by atoms with Gasteiger partial charge in [-0.2, -0.15) is 0 Å². The van der Waals surface area contributed by atoms with Gasteiger partial charge >= 0.3 is 0 Å². The fraction of sp³-hybridized carbons (Fsp3) is 0.600. The van der Waals surface area contributed by atoms with Crippen molar-refractivity contribution in [3.05, 3.63) is 35.3 Å². The molecule has 0 radical (unpaired) electrons. The Hall–Kier alpha value is -1.24. The number of hydrogen-bond donors (Lipinski definition) is 0.